The minimum absolute atomic E-state index is 0.193. The van der Waals surface area contributed by atoms with Gasteiger partial charge in [-0.25, -0.2) is 4.79 Å². The van der Waals surface area contributed by atoms with Gasteiger partial charge in [-0.05, 0) is 50.1 Å². The Morgan fingerprint density at radius 1 is 1.12 bits per heavy atom. The Morgan fingerprint density at radius 3 is 2.42 bits per heavy atom. The molecule has 1 heterocycles. The number of nitrogens with one attached hydrogen (secondary N) is 1. The summed E-state index contributed by atoms with van der Waals surface area (Å²) in [6.07, 6.45) is 3.17. The second-order valence-corrected chi connectivity index (χ2v) is 5.66. The number of aromatic nitrogens is 1. The lowest BCUT2D eigenvalue weighted by atomic mass is 10.0. The molecule has 6 heteroatoms. The summed E-state index contributed by atoms with van der Waals surface area (Å²) >= 11 is 0. The number of esters is 1. The Hall–Kier alpha value is -3.02. The number of hydrogen-bond acceptors (Lipinski definition) is 5. The van der Waals surface area contributed by atoms with Crippen LogP contribution in [0.5, 0.6) is 11.5 Å². The molecule has 0 fully saturated rings. The highest BCUT2D eigenvalue weighted by Gasteiger charge is 2.21. The quantitative estimate of drug-likeness (QED) is 0.464. The highest BCUT2D eigenvalue weighted by atomic mass is 16.5. The number of ether oxygens (including phenoxy) is 3. The maximum absolute atomic E-state index is 12.6. The van der Waals surface area contributed by atoms with E-state index in [1.165, 1.54) is 6.08 Å². The molecule has 0 unspecified atom stereocenters. The third kappa shape index (κ3) is 3.96. The molecule has 1 aromatic heterocycles. The first-order valence-corrected chi connectivity index (χ1v) is 8.23. The van der Waals surface area contributed by atoms with Crippen molar-refractivity contribution < 1.29 is 23.8 Å². The molecular formula is C20H23NO5. The zero-order chi connectivity index (χ0) is 19.3. The molecule has 0 aliphatic heterocycles. The molecule has 138 valence electrons. The Kier molecular flexibility index (Phi) is 6.22. The van der Waals surface area contributed by atoms with Gasteiger partial charge >= 0.3 is 5.97 Å². The van der Waals surface area contributed by atoms with Gasteiger partial charge in [0.1, 0.15) is 5.69 Å². The van der Waals surface area contributed by atoms with Gasteiger partial charge in [0.15, 0.2) is 17.3 Å². The zero-order valence-electron chi connectivity index (χ0n) is 15.6. The van der Waals surface area contributed by atoms with Crippen molar-refractivity contribution in [3.8, 4) is 11.5 Å². The topological polar surface area (TPSA) is 77.6 Å². The van der Waals surface area contributed by atoms with E-state index in [-0.39, 0.29) is 12.4 Å². The Morgan fingerprint density at radius 2 is 1.81 bits per heavy atom. The molecule has 2 aromatic rings. The molecule has 0 amide bonds. The summed E-state index contributed by atoms with van der Waals surface area (Å²) in [5, 5.41) is 0. The molecule has 0 saturated carbocycles. The van der Waals surface area contributed by atoms with Crippen molar-refractivity contribution in [2.45, 2.75) is 20.8 Å². The molecule has 1 N–H and O–H groups in total. The fraction of sp³-hybridized carbons (Fsp3) is 0.300. The molecule has 0 saturated heterocycles. The second-order valence-electron chi connectivity index (χ2n) is 5.66. The number of aromatic amines is 1. The summed E-state index contributed by atoms with van der Waals surface area (Å²) in [5.41, 5.74) is 2.81. The van der Waals surface area contributed by atoms with E-state index in [2.05, 4.69) is 4.98 Å². The van der Waals surface area contributed by atoms with Crippen LogP contribution in [0, 0.1) is 13.8 Å². The third-order valence-corrected chi connectivity index (χ3v) is 4.00. The average Bonchev–Trinajstić information content (AvgIpc) is 2.94. The van der Waals surface area contributed by atoms with Gasteiger partial charge in [0, 0.05) is 11.3 Å². The van der Waals surface area contributed by atoms with E-state index in [0.717, 1.165) is 5.56 Å². The SMILES string of the molecule is CCOC(=O)c1[nH]c(C)c(C(=O)C=Cc2ccc(OC)c(OC)c2)c1C. The first-order valence-electron chi connectivity index (χ1n) is 8.23. The fourth-order valence-corrected chi connectivity index (χ4v) is 2.74. The minimum atomic E-state index is -0.462. The van der Waals surface area contributed by atoms with E-state index < -0.39 is 5.97 Å². The van der Waals surface area contributed by atoms with Gasteiger partial charge in [-0.3, -0.25) is 4.79 Å². The molecule has 0 radical (unpaired) electrons. The lowest BCUT2D eigenvalue weighted by Gasteiger charge is -2.07. The molecule has 2 rings (SSSR count). The van der Waals surface area contributed by atoms with Gasteiger partial charge in [0.25, 0.3) is 0 Å². The van der Waals surface area contributed by atoms with Crippen molar-refractivity contribution >= 4 is 17.8 Å². The number of allylic oxidation sites excluding steroid dienone is 1. The number of aryl methyl sites for hydroxylation is 1. The van der Waals surface area contributed by atoms with E-state index in [1.807, 2.05) is 6.07 Å². The molecule has 0 aliphatic rings. The lowest BCUT2D eigenvalue weighted by Crippen LogP contribution is -2.07. The Labute approximate surface area is 152 Å². The maximum atomic E-state index is 12.6. The molecule has 0 bridgehead atoms. The fourth-order valence-electron chi connectivity index (χ4n) is 2.74. The van der Waals surface area contributed by atoms with Crippen molar-refractivity contribution in [2.24, 2.45) is 0 Å². The molecule has 0 atom stereocenters. The first kappa shape index (κ1) is 19.3. The van der Waals surface area contributed by atoms with Crippen molar-refractivity contribution in [2.75, 3.05) is 20.8 Å². The van der Waals surface area contributed by atoms with Crippen LogP contribution in [0.4, 0.5) is 0 Å². The van der Waals surface area contributed by atoms with E-state index in [0.29, 0.717) is 34.0 Å². The molecule has 26 heavy (non-hydrogen) atoms. The third-order valence-electron chi connectivity index (χ3n) is 4.00. The number of carbonyl (C=O) groups is 2. The summed E-state index contributed by atoms with van der Waals surface area (Å²) in [7, 11) is 3.12. The Balaban J connectivity index is 2.28. The maximum Gasteiger partial charge on any atom is 0.355 e. The highest BCUT2D eigenvalue weighted by Crippen LogP contribution is 2.28. The predicted octanol–water partition coefficient (Wildman–Crippen LogP) is 3.72. The average molecular weight is 357 g/mol. The van der Waals surface area contributed by atoms with E-state index in [1.54, 1.807) is 53.2 Å². The van der Waals surface area contributed by atoms with Crippen molar-refractivity contribution in [3.63, 3.8) is 0 Å². The smallest absolute Gasteiger partial charge is 0.355 e. The molecule has 1 aromatic carbocycles. The highest BCUT2D eigenvalue weighted by molar-refractivity contribution is 6.10. The predicted molar refractivity (Wildman–Crippen MR) is 99.1 cm³/mol. The van der Waals surface area contributed by atoms with Gasteiger partial charge < -0.3 is 19.2 Å². The zero-order valence-corrected chi connectivity index (χ0v) is 15.6. The van der Waals surface area contributed by atoms with Crippen LogP contribution < -0.4 is 9.47 Å². The van der Waals surface area contributed by atoms with E-state index >= 15 is 0 Å². The molecular weight excluding hydrogens is 334 g/mol. The van der Waals surface area contributed by atoms with Crippen molar-refractivity contribution in [1.82, 2.24) is 4.98 Å². The van der Waals surface area contributed by atoms with Crippen molar-refractivity contribution in [1.29, 1.82) is 0 Å². The second kappa shape index (κ2) is 8.38. The van der Waals surface area contributed by atoms with Crippen LogP contribution >= 0.6 is 0 Å². The Bertz CT molecular complexity index is 848. The monoisotopic (exact) mass is 357 g/mol. The molecule has 6 nitrogen and oxygen atoms in total. The lowest BCUT2D eigenvalue weighted by molar-refractivity contribution is 0.0519. The van der Waals surface area contributed by atoms with Gasteiger partial charge in [-0.1, -0.05) is 12.1 Å². The van der Waals surface area contributed by atoms with Crippen LogP contribution in [0.1, 0.15) is 44.6 Å². The summed E-state index contributed by atoms with van der Waals surface area (Å²) in [5.74, 6) is 0.547. The van der Waals surface area contributed by atoms with E-state index in [9.17, 15) is 9.59 Å². The number of hydrogen-bond donors (Lipinski definition) is 1. The van der Waals surface area contributed by atoms with Crippen LogP contribution in [0.3, 0.4) is 0 Å². The summed E-state index contributed by atoms with van der Waals surface area (Å²) in [6, 6.07) is 5.38. The number of benzene rings is 1. The molecule has 0 aliphatic carbocycles. The van der Waals surface area contributed by atoms with E-state index in [4.69, 9.17) is 14.2 Å². The van der Waals surface area contributed by atoms with Gasteiger partial charge in [-0.15, -0.1) is 0 Å². The van der Waals surface area contributed by atoms with Crippen LogP contribution in [-0.2, 0) is 4.74 Å². The largest absolute Gasteiger partial charge is 0.493 e. The number of rotatable bonds is 7. The van der Waals surface area contributed by atoms with Crippen LogP contribution in [0.2, 0.25) is 0 Å². The normalized spacial score (nSPS) is 10.8. The number of methoxy groups -OCH3 is 2. The summed E-state index contributed by atoms with van der Waals surface area (Å²) in [4.78, 5) is 27.5. The van der Waals surface area contributed by atoms with Crippen LogP contribution in [0.15, 0.2) is 24.3 Å². The van der Waals surface area contributed by atoms with Crippen LogP contribution in [-0.4, -0.2) is 37.6 Å². The standard InChI is InChI=1S/C20H23NO5/c1-6-26-20(23)19-12(2)18(13(3)21-19)15(22)9-7-14-8-10-16(24-4)17(11-14)25-5/h7-11,21H,6H2,1-5H3. The van der Waals surface area contributed by atoms with Gasteiger partial charge in [-0.2, -0.15) is 0 Å². The van der Waals surface area contributed by atoms with Crippen LogP contribution in [0.25, 0.3) is 6.08 Å². The number of H-pyrrole nitrogens is 1. The summed E-state index contributed by atoms with van der Waals surface area (Å²) < 4.78 is 15.5. The van der Waals surface area contributed by atoms with Gasteiger partial charge in [0.05, 0.1) is 20.8 Å². The first-order chi connectivity index (χ1) is 12.4. The molecule has 0 spiro atoms. The van der Waals surface area contributed by atoms with Crippen molar-refractivity contribution in [3.05, 3.63) is 52.4 Å². The summed E-state index contributed by atoms with van der Waals surface area (Å²) in [6.45, 7) is 5.50. The minimum Gasteiger partial charge on any atom is -0.493 e. The van der Waals surface area contributed by atoms with Gasteiger partial charge in [0.2, 0.25) is 0 Å². The number of ketones is 1. The number of carbonyl (C=O) groups excluding carboxylic acids is 2.